The molecule has 0 bridgehead atoms. The van der Waals surface area contributed by atoms with Crippen molar-refractivity contribution in [3.63, 3.8) is 0 Å². The van der Waals surface area contributed by atoms with Gasteiger partial charge in [-0.25, -0.2) is 4.98 Å². The summed E-state index contributed by atoms with van der Waals surface area (Å²) in [7, 11) is 0. The minimum atomic E-state index is -0.289. The SMILES string of the molecule is CCNc1ccc(Cl)c(C(=O)NCc2ccc(Br)cc2)n1. The molecule has 0 saturated heterocycles. The monoisotopic (exact) mass is 367 g/mol. The first-order valence-corrected chi connectivity index (χ1v) is 7.70. The fourth-order valence-electron chi connectivity index (χ4n) is 1.75. The van der Waals surface area contributed by atoms with Gasteiger partial charge in [0.2, 0.25) is 0 Å². The fourth-order valence-corrected chi connectivity index (χ4v) is 2.20. The lowest BCUT2D eigenvalue weighted by molar-refractivity contribution is 0.0946. The van der Waals surface area contributed by atoms with Crippen LogP contribution >= 0.6 is 27.5 Å². The third-order valence-corrected chi connectivity index (χ3v) is 3.62. The normalized spacial score (nSPS) is 10.2. The number of amides is 1. The Morgan fingerprint density at radius 1 is 1.24 bits per heavy atom. The first kappa shape index (κ1) is 15.8. The van der Waals surface area contributed by atoms with Gasteiger partial charge < -0.3 is 10.6 Å². The number of nitrogens with zero attached hydrogens (tertiary/aromatic N) is 1. The number of anilines is 1. The van der Waals surface area contributed by atoms with E-state index in [4.69, 9.17) is 11.6 Å². The number of aromatic nitrogens is 1. The molecule has 0 aliphatic carbocycles. The summed E-state index contributed by atoms with van der Waals surface area (Å²) in [4.78, 5) is 16.4. The van der Waals surface area contributed by atoms with Crippen molar-refractivity contribution < 1.29 is 4.79 Å². The Labute approximate surface area is 137 Å². The van der Waals surface area contributed by atoms with E-state index in [1.165, 1.54) is 0 Å². The van der Waals surface area contributed by atoms with Crippen molar-refractivity contribution in [3.8, 4) is 0 Å². The van der Waals surface area contributed by atoms with Crippen LogP contribution in [0.4, 0.5) is 5.82 Å². The minimum Gasteiger partial charge on any atom is -0.370 e. The molecule has 110 valence electrons. The summed E-state index contributed by atoms with van der Waals surface area (Å²) in [6, 6.07) is 11.2. The van der Waals surface area contributed by atoms with Crippen molar-refractivity contribution in [1.29, 1.82) is 0 Å². The second-order valence-corrected chi connectivity index (χ2v) is 5.69. The van der Waals surface area contributed by atoms with Crippen molar-refractivity contribution in [2.24, 2.45) is 0 Å². The molecule has 0 spiro atoms. The van der Waals surface area contributed by atoms with E-state index in [0.29, 0.717) is 17.4 Å². The Balaban J connectivity index is 2.05. The van der Waals surface area contributed by atoms with E-state index in [2.05, 4.69) is 31.5 Å². The molecule has 0 unspecified atom stereocenters. The number of rotatable bonds is 5. The number of pyridine rings is 1. The van der Waals surface area contributed by atoms with Crippen LogP contribution in [0.5, 0.6) is 0 Å². The van der Waals surface area contributed by atoms with E-state index < -0.39 is 0 Å². The Bertz CT molecular complexity index is 631. The highest BCUT2D eigenvalue weighted by molar-refractivity contribution is 9.10. The van der Waals surface area contributed by atoms with Crippen LogP contribution in [0.3, 0.4) is 0 Å². The first-order chi connectivity index (χ1) is 10.1. The van der Waals surface area contributed by atoms with E-state index in [0.717, 1.165) is 16.6 Å². The lowest BCUT2D eigenvalue weighted by Crippen LogP contribution is -2.24. The van der Waals surface area contributed by atoms with Gasteiger partial charge >= 0.3 is 0 Å². The molecule has 4 nitrogen and oxygen atoms in total. The summed E-state index contributed by atoms with van der Waals surface area (Å²) in [5, 5.41) is 6.21. The van der Waals surface area contributed by atoms with Crippen LogP contribution in [0.2, 0.25) is 5.02 Å². The lowest BCUT2D eigenvalue weighted by atomic mass is 10.2. The van der Waals surface area contributed by atoms with Gasteiger partial charge in [-0.3, -0.25) is 4.79 Å². The molecule has 1 amide bonds. The maximum atomic E-state index is 12.2. The van der Waals surface area contributed by atoms with Crippen LogP contribution in [0.25, 0.3) is 0 Å². The Kier molecular flexibility index (Phi) is 5.59. The number of hydrogen-bond acceptors (Lipinski definition) is 3. The second kappa shape index (κ2) is 7.43. The van der Waals surface area contributed by atoms with Crippen LogP contribution in [0, 0.1) is 0 Å². The summed E-state index contributed by atoms with van der Waals surface area (Å²) in [6.45, 7) is 3.12. The molecular weight excluding hydrogens is 354 g/mol. The molecule has 0 aliphatic rings. The quantitative estimate of drug-likeness (QED) is 0.842. The standard InChI is InChI=1S/C15H15BrClN3O/c1-2-18-13-8-7-12(17)14(20-13)15(21)19-9-10-3-5-11(16)6-4-10/h3-8H,2,9H2,1H3,(H,18,20)(H,19,21). The first-order valence-electron chi connectivity index (χ1n) is 6.53. The topological polar surface area (TPSA) is 54.0 Å². The van der Waals surface area contributed by atoms with Crippen LogP contribution in [-0.2, 0) is 6.54 Å². The van der Waals surface area contributed by atoms with Crippen molar-refractivity contribution >= 4 is 39.3 Å². The second-order valence-electron chi connectivity index (χ2n) is 4.37. The maximum Gasteiger partial charge on any atom is 0.271 e. The Morgan fingerprint density at radius 2 is 1.95 bits per heavy atom. The van der Waals surface area contributed by atoms with Gasteiger partial charge in [-0.15, -0.1) is 0 Å². The molecule has 2 N–H and O–H groups in total. The number of hydrogen-bond donors (Lipinski definition) is 2. The van der Waals surface area contributed by atoms with E-state index in [9.17, 15) is 4.79 Å². The smallest absolute Gasteiger partial charge is 0.271 e. The molecule has 2 aromatic rings. The highest BCUT2D eigenvalue weighted by atomic mass is 79.9. The molecular formula is C15H15BrClN3O. The molecule has 0 atom stereocenters. The molecule has 21 heavy (non-hydrogen) atoms. The number of carbonyl (C=O) groups excluding carboxylic acids is 1. The van der Waals surface area contributed by atoms with Crippen molar-refractivity contribution in [3.05, 3.63) is 57.2 Å². The van der Waals surface area contributed by atoms with Gasteiger partial charge in [0.15, 0.2) is 0 Å². The van der Waals surface area contributed by atoms with Crippen molar-refractivity contribution in [1.82, 2.24) is 10.3 Å². The average Bonchev–Trinajstić information content (AvgIpc) is 2.48. The fraction of sp³-hybridized carbons (Fsp3) is 0.200. The summed E-state index contributed by atoms with van der Waals surface area (Å²) in [5.74, 6) is 0.346. The Morgan fingerprint density at radius 3 is 2.62 bits per heavy atom. The number of nitrogens with one attached hydrogen (secondary N) is 2. The molecule has 0 fully saturated rings. The zero-order valence-corrected chi connectivity index (χ0v) is 13.8. The maximum absolute atomic E-state index is 12.2. The predicted molar refractivity (Wildman–Crippen MR) is 88.7 cm³/mol. The summed E-state index contributed by atoms with van der Waals surface area (Å²) in [6.07, 6.45) is 0. The molecule has 1 aromatic carbocycles. The van der Waals surface area contributed by atoms with Crippen molar-refractivity contribution in [2.45, 2.75) is 13.5 Å². The molecule has 0 aliphatic heterocycles. The van der Waals surface area contributed by atoms with Crippen LogP contribution in [-0.4, -0.2) is 17.4 Å². The number of carbonyl (C=O) groups is 1. The molecule has 0 saturated carbocycles. The lowest BCUT2D eigenvalue weighted by Gasteiger charge is -2.09. The number of halogens is 2. The third-order valence-electron chi connectivity index (χ3n) is 2.79. The summed E-state index contributed by atoms with van der Waals surface area (Å²) < 4.78 is 1.00. The van der Waals surface area contributed by atoms with E-state index >= 15 is 0 Å². The molecule has 2 rings (SSSR count). The van der Waals surface area contributed by atoms with Gasteiger partial charge in [0, 0.05) is 17.6 Å². The molecule has 6 heteroatoms. The largest absolute Gasteiger partial charge is 0.370 e. The summed E-state index contributed by atoms with van der Waals surface area (Å²) >= 11 is 9.41. The van der Waals surface area contributed by atoms with Gasteiger partial charge in [-0.2, -0.15) is 0 Å². The number of benzene rings is 1. The summed E-state index contributed by atoms with van der Waals surface area (Å²) in [5.41, 5.74) is 1.23. The van der Waals surface area contributed by atoms with Gasteiger partial charge in [0.05, 0.1) is 5.02 Å². The average molecular weight is 369 g/mol. The minimum absolute atomic E-state index is 0.229. The van der Waals surface area contributed by atoms with Gasteiger partial charge in [0.1, 0.15) is 11.5 Å². The molecule has 1 aromatic heterocycles. The zero-order valence-electron chi connectivity index (χ0n) is 11.5. The van der Waals surface area contributed by atoms with Crippen molar-refractivity contribution in [2.75, 3.05) is 11.9 Å². The third kappa shape index (κ3) is 4.44. The molecule has 0 radical (unpaired) electrons. The van der Waals surface area contributed by atoms with Crippen LogP contribution in [0.15, 0.2) is 40.9 Å². The van der Waals surface area contributed by atoms with Gasteiger partial charge in [-0.1, -0.05) is 39.7 Å². The highest BCUT2D eigenvalue weighted by Gasteiger charge is 2.12. The molecule has 1 heterocycles. The van der Waals surface area contributed by atoms with Gasteiger partial charge in [-0.05, 0) is 36.8 Å². The van der Waals surface area contributed by atoms with Crippen LogP contribution < -0.4 is 10.6 Å². The Hall–Kier alpha value is -1.59. The highest BCUT2D eigenvalue weighted by Crippen LogP contribution is 2.17. The van der Waals surface area contributed by atoms with Crippen LogP contribution in [0.1, 0.15) is 23.0 Å². The zero-order chi connectivity index (χ0) is 15.2. The predicted octanol–water partition coefficient (Wildman–Crippen LogP) is 3.86. The van der Waals surface area contributed by atoms with Gasteiger partial charge in [0.25, 0.3) is 5.91 Å². The van der Waals surface area contributed by atoms with E-state index in [-0.39, 0.29) is 11.6 Å². The van der Waals surface area contributed by atoms with E-state index in [1.54, 1.807) is 12.1 Å². The van der Waals surface area contributed by atoms with E-state index in [1.807, 2.05) is 31.2 Å².